The van der Waals surface area contributed by atoms with Crippen LogP contribution in [0.2, 0.25) is 0 Å². The molecule has 186 valence electrons. The monoisotopic (exact) mass is 502 g/mol. The summed E-state index contributed by atoms with van der Waals surface area (Å²) in [6.07, 6.45) is 4.06. The number of aryl methyl sites for hydroxylation is 1. The van der Waals surface area contributed by atoms with Crippen molar-refractivity contribution in [1.29, 1.82) is 0 Å². The van der Waals surface area contributed by atoms with Gasteiger partial charge in [0.2, 0.25) is 10.0 Å². The van der Waals surface area contributed by atoms with Gasteiger partial charge in [0.25, 0.3) is 5.91 Å². The van der Waals surface area contributed by atoms with E-state index in [9.17, 15) is 13.2 Å². The van der Waals surface area contributed by atoms with E-state index in [0.29, 0.717) is 18.4 Å². The maximum atomic E-state index is 15.1. The Balaban J connectivity index is 1.55. The number of carbonyl (C=O) groups excluding carboxylic acids is 1. The lowest BCUT2D eigenvalue weighted by Crippen LogP contribution is -2.44. The molecule has 1 aliphatic heterocycles. The standard InChI is InChI=1S/C25H28F2N4O3S/c1-16-9-10-24(18-7-5-4-6-8-18)35(33,34)31(16)13-19-11-22(27)20(12-21(19)26)17(2)29-25(32)23-14-30(3)15-28-23/h4-8,11-12,14-17,24H,9-10,13H2,1-3H3,(H,29,32)/t16-,17?,24+/m1/s1. The minimum Gasteiger partial charge on any atom is -0.344 e. The van der Waals surface area contributed by atoms with Crippen LogP contribution >= 0.6 is 0 Å². The summed E-state index contributed by atoms with van der Waals surface area (Å²) in [5.41, 5.74) is 0.754. The van der Waals surface area contributed by atoms with Crippen LogP contribution in [0.1, 0.15) is 65.2 Å². The normalized spacial score (nSPS) is 20.9. The zero-order valence-electron chi connectivity index (χ0n) is 19.8. The molecule has 0 bridgehead atoms. The van der Waals surface area contributed by atoms with Gasteiger partial charge in [-0.2, -0.15) is 4.31 Å². The van der Waals surface area contributed by atoms with Gasteiger partial charge in [-0.05, 0) is 44.4 Å². The third-order valence-electron chi connectivity index (χ3n) is 6.44. The zero-order valence-corrected chi connectivity index (χ0v) is 20.6. The Labute approximate surface area is 203 Å². The SMILES string of the molecule is CC(NC(=O)c1cn(C)cn1)c1cc(F)c(CN2[C@H](C)CC[C@@H](c3ccccc3)S2(=O)=O)cc1F. The largest absolute Gasteiger partial charge is 0.344 e. The van der Waals surface area contributed by atoms with Gasteiger partial charge in [0.05, 0.1) is 12.4 Å². The fourth-order valence-corrected chi connectivity index (χ4v) is 6.64. The van der Waals surface area contributed by atoms with E-state index in [1.807, 2.05) is 6.07 Å². The van der Waals surface area contributed by atoms with E-state index in [1.54, 1.807) is 49.7 Å². The van der Waals surface area contributed by atoms with Crippen LogP contribution in [0.3, 0.4) is 0 Å². The Morgan fingerprint density at radius 1 is 1.17 bits per heavy atom. The molecule has 3 atom stereocenters. The lowest BCUT2D eigenvalue weighted by Gasteiger charge is -2.37. The van der Waals surface area contributed by atoms with Crippen LogP contribution in [0.4, 0.5) is 8.78 Å². The molecule has 0 radical (unpaired) electrons. The number of nitrogens with zero attached hydrogens (tertiary/aromatic N) is 3. The van der Waals surface area contributed by atoms with Crippen LogP contribution in [-0.4, -0.2) is 34.2 Å². The molecule has 0 aliphatic carbocycles. The highest BCUT2D eigenvalue weighted by Crippen LogP contribution is 2.38. The van der Waals surface area contributed by atoms with Crippen molar-refractivity contribution in [3.8, 4) is 0 Å². The molecule has 4 rings (SSSR count). The molecule has 2 heterocycles. The first kappa shape index (κ1) is 25.0. The van der Waals surface area contributed by atoms with E-state index in [-0.39, 0.29) is 29.4 Å². The van der Waals surface area contributed by atoms with Gasteiger partial charge in [0, 0.05) is 37.0 Å². The molecule has 1 saturated heterocycles. The minimum absolute atomic E-state index is 0.0350. The number of hydrogen-bond acceptors (Lipinski definition) is 4. The van der Waals surface area contributed by atoms with E-state index >= 15 is 8.78 Å². The van der Waals surface area contributed by atoms with Crippen molar-refractivity contribution in [3.05, 3.63) is 89.0 Å². The summed E-state index contributed by atoms with van der Waals surface area (Å²) in [6, 6.07) is 9.79. The Hall–Kier alpha value is -3.11. The molecule has 35 heavy (non-hydrogen) atoms. The van der Waals surface area contributed by atoms with Gasteiger partial charge in [-0.15, -0.1) is 0 Å². The highest BCUT2D eigenvalue weighted by molar-refractivity contribution is 7.89. The van der Waals surface area contributed by atoms with Crippen molar-refractivity contribution in [2.75, 3.05) is 0 Å². The molecule has 2 aromatic carbocycles. The summed E-state index contributed by atoms with van der Waals surface area (Å²) in [6.45, 7) is 3.04. The van der Waals surface area contributed by atoms with Crippen LogP contribution in [0, 0.1) is 11.6 Å². The smallest absolute Gasteiger partial charge is 0.271 e. The van der Waals surface area contributed by atoms with Crippen molar-refractivity contribution in [1.82, 2.24) is 19.2 Å². The topological polar surface area (TPSA) is 84.3 Å². The van der Waals surface area contributed by atoms with Crippen LogP contribution in [0.25, 0.3) is 0 Å². The van der Waals surface area contributed by atoms with Crippen molar-refractivity contribution < 1.29 is 22.0 Å². The summed E-state index contributed by atoms with van der Waals surface area (Å²) in [4.78, 5) is 16.3. The summed E-state index contributed by atoms with van der Waals surface area (Å²) in [5.74, 6) is -1.97. The van der Waals surface area contributed by atoms with Gasteiger partial charge in [0.15, 0.2) is 0 Å². The second-order valence-electron chi connectivity index (χ2n) is 9.00. The van der Waals surface area contributed by atoms with Crippen molar-refractivity contribution in [2.24, 2.45) is 7.05 Å². The Morgan fingerprint density at radius 2 is 1.89 bits per heavy atom. The van der Waals surface area contributed by atoms with E-state index in [1.165, 1.54) is 16.8 Å². The number of rotatable bonds is 6. The third-order valence-corrected chi connectivity index (χ3v) is 8.81. The first-order valence-corrected chi connectivity index (χ1v) is 12.9. The molecule has 1 amide bonds. The molecular weight excluding hydrogens is 474 g/mol. The number of imidazole rings is 1. The Kier molecular flexibility index (Phi) is 7.05. The van der Waals surface area contributed by atoms with E-state index < -0.39 is 38.9 Å². The molecule has 1 unspecified atom stereocenters. The molecule has 1 aliphatic rings. The first-order chi connectivity index (χ1) is 16.6. The lowest BCUT2D eigenvalue weighted by atomic mass is 10.0. The van der Waals surface area contributed by atoms with Crippen molar-refractivity contribution in [2.45, 2.75) is 50.6 Å². The fraction of sp³-hybridized carbons (Fsp3) is 0.360. The lowest BCUT2D eigenvalue weighted by molar-refractivity contribution is 0.0934. The minimum atomic E-state index is -3.79. The molecule has 7 nitrogen and oxygen atoms in total. The number of nitrogens with one attached hydrogen (secondary N) is 1. The number of amides is 1. The van der Waals surface area contributed by atoms with Crippen LogP contribution in [0.15, 0.2) is 55.0 Å². The number of halogens is 2. The van der Waals surface area contributed by atoms with Gasteiger partial charge in [0.1, 0.15) is 22.6 Å². The quantitative estimate of drug-likeness (QED) is 0.546. The Bertz CT molecular complexity index is 1330. The first-order valence-electron chi connectivity index (χ1n) is 11.4. The van der Waals surface area contributed by atoms with E-state index in [4.69, 9.17) is 0 Å². The molecule has 1 fully saturated rings. The van der Waals surface area contributed by atoms with Crippen molar-refractivity contribution in [3.63, 3.8) is 0 Å². The van der Waals surface area contributed by atoms with Gasteiger partial charge >= 0.3 is 0 Å². The molecule has 10 heteroatoms. The maximum absolute atomic E-state index is 15.1. The molecule has 1 aromatic heterocycles. The van der Waals surface area contributed by atoms with E-state index in [0.717, 1.165) is 12.1 Å². The summed E-state index contributed by atoms with van der Waals surface area (Å²) < 4.78 is 59.8. The second-order valence-corrected chi connectivity index (χ2v) is 11.1. The van der Waals surface area contributed by atoms with Crippen LogP contribution < -0.4 is 5.32 Å². The number of carbonyl (C=O) groups is 1. The van der Waals surface area contributed by atoms with Gasteiger partial charge in [-0.3, -0.25) is 4.79 Å². The number of aromatic nitrogens is 2. The molecule has 3 aromatic rings. The van der Waals surface area contributed by atoms with E-state index in [2.05, 4.69) is 10.3 Å². The molecule has 0 spiro atoms. The fourth-order valence-electron chi connectivity index (χ4n) is 4.45. The predicted octanol–water partition coefficient (Wildman–Crippen LogP) is 4.24. The van der Waals surface area contributed by atoms with Gasteiger partial charge < -0.3 is 9.88 Å². The molecule has 0 saturated carbocycles. The highest BCUT2D eigenvalue weighted by Gasteiger charge is 2.40. The van der Waals surface area contributed by atoms with Gasteiger partial charge in [-0.1, -0.05) is 30.3 Å². The van der Waals surface area contributed by atoms with Crippen molar-refractivity contribution >= 4 is 15.9 Å². The Morgan fingerprint density at radius 3 is 2.54 bits per heavy atom. The maximum Gasteiger partial charge on any atom is 0.271 e. The summed E-state index contributed by atoms with van der Waals surface area (Å²) in [7, 11) is -2.07. The predicted molar refractivity (Wildman–Crippen MR) is 128 cm³/mol. The number of benzene rings is 2. The van der Waals surface area contributed by atoms with Gasteiger partial charge in [-0.25, -0.2) is 22.2 Å². The summed E-state index contributed by atoms with van der Waals surface area (Å²) >= 11 is 0. The average molecular weight is 503 g/mol. The number of sulfonamides is 1. The van der Waals surface area contributed by atoms with Crippen LogP contribution in [0.5, 0.6) is 0 Å². The zero-order chi connectivity index (χ0) is 25.3. The second kappa shape index (κ2) is 9.87. The average Bonchev–Trinajstić information content (AvgIpc) is 3.25. The molecule has 1 N–H and O–H groups in total. The third kappa shape index (κ3) is 5.13. The highest BCUT2D eigenvalue weighted by atomic mass is 32.2. The molecular formula is C25H28F2N4O3S. The number of hydrogen-bond donors (Lipinski definition) is 1. The summed E-state index contributed by atoms with van der Waals surface area (Å²) in [5, 5.41) is 1.88. The van der Waals surface area contributed by atoms with Crippen LogP contribution in [-0.2, 0) is 23.6 Å².